The molecule has 1 aliphatic heterocycles. The Balaban J connectivity index is 2.46. The molecular formula is C10H16F3NO. The van der Waals surface area contributed by atoms with E-state index in [2.05, 4.69) is 0 Å². The highest BCUT2D eigenvalue weighted by molar-refractivity contribution is 5.75. The highest BCUT2D eigenvalue weighted by Gasteiger charge is 2.34. The summed E-state index contributed by atoms with van der Waals surface area (Å²) in [4.78, 5) is 12.9. The van der Waals surface area contributed by atoms with Crippen molar-refractivity contribution < 1.29 is 18.0 Å². The van der Waals surface area contributed by atoms with E-state index in [1.54, 1.807) is 11.8 Å². The Morgan fingerprint density at radius 2 is 2.13 bits per heavy atom. The van der Waals surface area contributed by atoms with E-state index in [0.29, 0.717) is 25.8 Å². The number of nitrogens with zero attached hydrogens (tertiary/aromatic N) is 1. The maximum atomic E-state index is 12.1. The van der Waals surface area contributed by atoms with Gasteiger partial charge in [-0.1, -0.05) is 6.92 Å². The van der Waals surface area contributed by atoms with Gasteiger partial charge in [-0.15, -0.1) is 0 Å². The molecule has 0 aromatic carbocycles. The molecular weight excluding hydrogens is 207 g/mol. The number of carbonyl (C=O) groups is 1. The van der Waals surface area contributed by atoms with Gasteiger partial charge in [0.05, 0.1) is 0 Å². The van der Waals surface area contributed by atoms with Crippen molar-refractivity contribution in [2.45, 2.75) is 38.8 Å². The molecule has 15 heavy (non-hydrogen) atoms. The molecule has 1 unspecified atom stereocenters. The molecule has 1 rings (SSSR count). The highest BCUT2D eigenvalue weighted by Crippen LogP contribution is 2.30. The van der Waals surface area contributed by atoms with Crippen LogP contribution >= 0.6 is 0 Å². The average Bonchev–Trinajstić information content (AvgIpc) is 2.14. The fraction of sp³-hybridized carbons (Fsp3) is 0.900. The number of piperidine rings is 1. The Kier molecular flexibility index (Phi) is 3.99. The van der Waals surface area contributed by atoms with Gasteiger partial charge in [0.15, 0.2) is 0 Å². The maximum absolute atomic E-state index is 12.1. The zero-order valence-corrected chi connectivity index (χ0v) is 8.81. The first-order valence-electron chi connectivity index (χ1n) is 5.27. The molecule has 1 amide bonds. The Labute approximate surface area is 87.4 Å². The summed E-state index contributed by atoms with van der Waals surface area (Å²) in [6, 6.07) is 0. The van der Waals surface area contributed by atoms with Crippen LogP contribution < -0.4 is 0 Å². The number of halogens is 3. The molecule has 0 saturated carbocycles. The van der Waals surface area contributed by atoms with Gasteiger partial charge >= 0.3 is 6.18 Å². The second kappa shape index (κ2) is 4.86. The molecule has 0 aliphatic carbocycles. The molecule has 0 spiro atoms. The summed E-state index contributed by atoms with van der Waals surface area (Å²) >= 11 is 0. The monoisotopic (exact) mass is 223 g/mol. The molecule has 0 bridgehead atoms. The van der Waals surface area contributed by atoms with Crippen molar-refractivity contribution in [3.63, 3.8) is 0 Å². The average molecular weight is 223 g/mol. The molecule has 5 heteroatoms. The fourth-order valence-electron chi connectivity index (χ4n) is 2.01. The number of alkyl halides is 3. The van der Waals surface area contributed by atoms with Gasteiger partial charge in [0.25, 0.3) is 0 Å². The molecule has 1 saturated heterocycles. The zero-order valence-electron chi connectivity index (χ0n) is 8.81. The van der Waals surface area contributed by atoms with Gasteiger partial charge in [0.1, 0.15) is 0 Å². The molecule has 88 valence electrons. The SMILES string of the molecule is CCC(=O)N1CCCC(CC(F)(F)F)C1. The third kappa shape index (κ3) is 4.10. The number of hydrogen-bond acceptors (Lipinski definition) is 1. The van der Waals surface area contributed by atoms with Crippen LogP contribution in [0.15, 0.2) is 0 Å². The molecule has 2 nitrogen and oxygen atoms in total. The van der Waals surface area contributed by atoms with E-state index in [4.69, 9.17) is 0 Å². The standard InChI is InChI=1S/C10H16F3NO/c1-2-9(15)14-5-3-4-8(7-14)6-10(11,12)13/h8H,2-7H2,1H3. The van der Waals surface area contributed by atoms with Crippen LogP contribution in [0.3, 0.4) is 0 Å². The minimum atomic E-state index is -4.11. The Hall–Kier alpha value is -0.740. The summed E-state index contributed by atoms with van der Waals surface area (Å²) in [6.45, 7) is 2.61. The Morgan fingerprint density at radius 3 is 2.67 bits per heavy atom. The summed E-state index contributed by atoms with van der Waals surface area (Å²) in [5, 5.41) is 0. The van der Waals surface area contributed by atoms with Crippen molar-refractivity contribution >= 4 is 5.91 Å². The van der Waals surface area contributed by atoms with Crippen molar-refractivity contribution in [1.82, 2.24) is 4.90 Å². The van der Waals surface area contributed by atoms with Gasteiger partial charge in [0, 0.05) is 25.9 Å². The number of carbonyl (C=O) groups excluding carboxylic acids is 1. The van der Waals surface area contributed by atoms with Gasteiger partial charge in [-0.05, 0) is 18.8 Å². The summed E-state index contributed by atoms with van der Waals surface area (Å²) < 4.78 is 36.4. The lowest BCUT2D eigenvalue weighted by molar-refractivity contribution is -0.152. The first-order chi connectivity index (χ1) is 6.92. The number of rotatable bonds is 2. The summed E-state index contributed by atoms with van der Waals surface area (Å²) in [7, 11) is 0. The zero-order chi connectivity index (χ0) is 11.5. The predicted molar refractivity (Wildman–Crippen MR) is 50.3 cm³/mol. The van der Waals surface area contributed by atoms with E-state index in [1.165, 1.54) is 0 Å². The minimum Gasteiger partial charge on any atom is -0.342 e. The van der Waals surface area contributed by atoms with Gasteiger partial charge in [-0.3, -0.25) is 4.79 Å². The lowest BCUT2D eigenvalue weighted by Gasteiger charge is -2.33. The molecule has 1 aliphatic rings. The summed E-state index contributed by atoms with van der Waals surface area (Å²) in [6.07, 6.45) is -3.23. The number of hydrogen-bond donors (Lipinski definition) is 0. The number of likely N-dealkylation sites (tertiary alicyclic amines) is 1. The molecule has 1 fully saturated rings. The largest absolute Gasteiger partial charge is 0.389 e. The second-order valence-corrected chi connectivity index (χ2v) is 4.02. The van der Waals surface area contributed by atoms with Crippen LogP contribution in [0, 0.1) is 5.92 Å². The smallest absolute Gasteiger partial charge is 0.342 e. The van der Waals surface area contributed by atoms with Gasteiger partial charge < -0.3 is 4.90 Å². The van der Waals surface area contributed by atoms with E-state index in [-0.39, 0.29) is 12.5 Å². The van der Waals surface area contributed by atoms with Gasteiger partial charge in [-0.25, -0.2) is 0 Å². The molecule has 0 N–H and O–H groups in total. The molecule has 0 radical (unpaired) electrons. The van der Waals surface area contributed by atoms with Crippen LogP contribution in [-0.2, 0) is 4.79 Å². The van der Waals surface area contributed by atoms with Crippen LogP contribution in [0.4, 0.5) is 13.2 Å². The third-order valence-electron chi connectivity index (χ3n) is 2.69. The Morgan fingerprint density at radius 1 is 1.47 bits per heavy atom. The van der Waals surface area contributed by atoms with Crippen molar-refractivity contribution in [3.8, 4) is 0 Å². The molecule has 1 heterocycles. The van der Waals surface area contributed by atoms with Crippen LogP contribution in [0.25, 0.3) is 0 Å². The fourth-order valence-corrected chi connectivity index (χ4v) is 2.01. The summed E-state index contributed by atoms with van der Waals surface area (Å²) in [5.41, 5.74) is 0. The third-order valence-corrected chi connectivity index (χ3v) is 2.69. The molecule has 0 aromatic heterocycles. The van der Waals surface area contributed by atoms with Crippen molar-refractivity contribution in [3.05, 3.63) is 0 Å². The van der Waals surface area contributed by atoms with Gasteiger partial charge in [0.2, 0.25) is 5.91 Å². The van der Waals surface area contributed by atoms with E-state index >= 15 is 0 Å². The highest BCUT2D eigenvalue weighted by atomic mass is 19.4. The van der Waals surface area contributed by atoms with Crippen molar-refractivity contribution in [1.29, 1.82) is 0 Å². The van der Waals surface area contributed by atoms with Crippen LogP contribution in [0.5, 0.6) is 0 Å². The maximum Gasteiger partial charge on any atom is 0.389 e. The van der Waals surface area contributed by atoms with E-state index in [9.17, 15) is 18.0 Å². The van der Waals surface area contributed by atoms with Crippen molar-refractivity contribution in [2.24, 2.45) is 5.92 Å². The van der Waals surface area contributed by atoms with E-state index in [1.807, 2.05) is 0 Å². The molecule has 0 aromatic rings. The van der Waals surface area contributed by atoms with Crippen LogP contribution in [0.1, 0.15) is 32.6 Å². The second-order valence-electron chi connectivity index (χ2n) is 4.02. The quantitative estimate of drug-likeness (QED) is 0.704. The van der Waals surface area contributed by atoms with E-state index < -0.39 is 18.5 Å². The topological polar surface area (TPSA) is 20.3 Å². The number of amides is 1. The van der Waals surface area contributed by atoms with E-state index in [0.717, 1.165) is 0 Å². The van der Waals surface area contributed by atoms with Gasteiger partial charge in [-0.2, -0.15) is 13.2 Å². The summed E-state index contributed by atoms with van der Waals surface area (Å²) in [5.74, 6) is -0.448. The lowest BCUT2D eigenvalue weighted by Crippen LogP contribution is -2.40. The molecule has 1 atom stereocenters. The normalized spacial score (nSPS) is 22.9. The van der Waals surface area contributed by atoms with Crippen LogP contribution in [0.2, 0.25) is 0 Å². The first kappa shape index (κ1) is 12.3. The minimum absolute atomic E-state index is 0.0399. The lowest BCUT2D eigenvalue weighted by atomic mass is 9.94. The first-order valence-corrected chi connectivity index (χ1v) is 5.27. The van der Waals surface area contributed by atoms with Crippen LogP contribution in [-0.4, -0.2) is 30.1 Å². The van der Waals surface area contributed by atoms with Crippen molar-refractivity contribution in [2.75, 3.05) is 13.1 Å². The Bertz CT molecular complexity index is 227. The predicted octanol–water partition coefficient (Wildman–Crippen LogP) is 2.59.